The van der Waals surface area contributed by atoms with Crippen LogP contribution >= 0.6 is 15.9 Å². The number of halogens is 1. The zero-order chi connectivity index (χ0) is 22.6. The molecule has 1 aliphatic heterocycles. The number of nitrogens with zero attached hydrogens (tertiary/aromatic N) is 2. The van der Waals surface area contributed by atoms with Crippen LogP contribution in [-0.4, -0.2) is 20.4 Å². The highest BCUT2D eigenvalue weighted by molar-refractivity contribution is 9.10. The quantitative estimate of drug-likeness (QED) is 0.449. The number of rotatable bonds is 3. The van der Waals surface area contributed by atoms with Crippen molar-refractivity contribution >= 4 is 38.4 Å². The number of aromatic nitrogens is 3. The van der Waals surface area contributed by atoms with E-state index in [0.29, 0.717) is 28.2 Å². The molecule has 0 radical (unpaired) electrons. The Kier molecular flexibility index (Phi) is 4.82. The van der Waals surface area contributed by atoms with E-state index in [-0.39, 0.29) is 22.6 Å². The summed E-state index contributed by atoms with van der Waals surface area (Å²) in [5, 5.41) is 3.35. The molecule has 2 aromatic heterocycles. The Morgan fingerprint density at radius 2 is 2.03 bits per heavy atom. The molecule has 0 spiro atoms. The zero-order valence-electron chi connectivity index (χ0n) is 17.4. The molecular formula is C24H19BrN4O3. The first-order valence-corrected chi connectivity index (χ1v) is 11.0. The van der Waals surface area contributed by atoms with Gasteiger partial charge in [0.15, 0.2) is 0 Å². The number of amides is 1. The summed E-state index contributed by atoms with van der Waals surface area (Å²) in [7, 11) is 0. The van der Waals surface area contributed by atoms with E-state index in [9.17, 15) is 14.4 Å². The monoisotopic (exact) mass is 490 g/mol. The largest absolute Gasteiger partial charge is 0.343 e. The molecule has 160 valence electrons. The third kappa shape index (κ3) is 3.46. The zero-order valence-corrected chi connectivity index (χ0v) is 19.0. The first-order chi connectivity index (χ1) is 15.3. The molecule has 2 aromatic carbocycles. The van der Waals surface area contributed by atoms with Gasteiger partial charge in [0.05, 0.1) is 5.52 Å². The molecule has 8 heteroatoms. The summed E-state index contributed by atoms with van der Waals surface area (Å²) in [6.07, 6.45) is 2.46. The average Bonchev–Trinajstić information content (AvgIpc) is 3.05. The summed E-state index contributed by atoms with van der Waals surface area (Å²) in [5.74, 6) is -0.0691. The van der Waals surface area contributed by atoms with Crippen molar-refractivity contribution in [3.8, 4) is 11.4 Å². The molecule has 0 bridgehead atoms. The van der Waals surface area contributed by atoms with Gasteiger partial charge in [0.25, 0.3) is 11.5 Å². The number of carbonyl (C=O) groups excluding carboxylic acids is 1. The van der Waals surface area contributed by atoms with Crippen LogP contribution in [0.25, 0.3) is 22.3 Å². The van der Waals surface area contributed by atoms with Gasteiger partial charge in [-0.05, 0) is 50.1 Å². The third-order valence-corrected chi connectivity index (χ3v) is 6.13. The number of anilines is 1. The van der Waals surface area contributed by atoms with Gasteiger partial charge in [0.2, 0.25) is 5.43 Å². The number of carbonyl (C=O) groups is 1. The van der Waals surface area contributed by atoms with Crippen molar-refractivity contribution in [2.45, 2.75) is 26.3 Å². The number of H-pyrrole nitrogens is 1. The number of benzene rings is 2. The van der Waals surface area contributed by atoms with Crippen molar-refractivity contribution < 1.29 is 4.79 Å². The second-order valence-corrected chi connectivity index (χ2v) is 8.98. The SMILES string of the molecule is Cc1cc(=O)[nH]c(-c2cccc(NC(=O)c3cn4c5c(cc(Br)cc5c3=O)C[C@H]4C)c2)n1. The lowest BCUT2D eigenvalue weighted by molar-refractivity contribution is 0.102. The molecule has 0 aliphatic carbocycles. The molecule has 5 rings (SSSR count). The van der Waals surface area contributed by atoms with Gasteiger partial charge >= 0.3 is 0 Å². The van der Waals surface area contributed by atoms with Crippen molar-refractivity contribution in [3.63, 3.8) is 0 Å². The first-order valence-electron chi connectivity index (χ1n) is 10.2. The maximum Gasteiger partial charge on any atom is 0.261 e. The molecule has 0 saturated carbocycles. The number of aryl methyl sites for hydroxylation is 1. The Hall–Kier alpha value is -3.52. The number of nitrogens with one attached hydrogen (secondary N) is 2. The van der Waals surface area contributed by atoms with Crippen LogP contribution in [0, 0.1) is 6.92 Å². The molecule has 1 atom stereocenters. The maximum absolute atomic E-state index is 13.2. The highest BCUT2D eigenvalue weighted by Crippen LogP contribution is 2.33. The van der Waals surface area contributed by atoms with Crippen molar-refractivity contribution in [1.29, 1.82) is 0 Å². The molecule has 1 amide bonds. The average molecular weight is 491 g/mol. The normalized spacial score (nSPS) is 14.7. The third-order valence-electron chi connectivity index (χ3n) is 5.67. The van der Waals surface area contributed by atoms with E-state index in [2.05, 4.69) is 38.1 Å². The van der Waals surface area contributed by atoms with E-state index in [1.54, 1.807) is 43.5 Å². The summed E-state index contributed by atoms with van der Waals surface area (Å²) in [4.78, 5) is 45.1. The van der Waals surface area contributed by atoms with E-state index >= 15 is 0 Å². The highest BCUT2D eigenvalue weighted by atomic mass is 79.9. The Morgan fingerprint density at radius 1 is 1.22 bits per heavy atom. The van der Waals surface area contributed by atoms with Crippen LogP contribution in [0.1, 0.15) is 34.6 Å². The second-order valence-electron chi connectivity index (χ2n) is 8.06. The number of aromatic amines is 1. The van der Waals surface area contributed by atoms with Gasteiger partial charge in [-0.2, -0.15) is 0 Å². The van der Waals surface area contributed by atoms with Gasteiger partial charge in [-0.25, -0.2) is 4.98 Å². The summed E-state index contributed by atoms with van der Waals surface area (Å²) in [5.41, 5.74) is 3.27. The smallest absolute Gasteiger partial charge is 0.261 e. The van der Waals surface area contributed by atoms with Crippen LogP contribution in [0.2, 0.25) is 0 Å². The van der Waals surface area contributed by atoms with Gasteiger partial charge in [-0.15, -0.1) is 0 Å². The molecule has 0 fully saturated rings. The van der Waals surface area contributed by atoms with E-state index in [1.165, 1.54) is 6.07 Å². The fraction of sp³-hybridized carbons (Fsp3) is 0.167. The highest BCUT2D eigenvalue weighted by Gasteiger charge is 2.25. The molecule has 2 N–H and O–H groups in total. The molecule has 0 saturated heterocycles. The number of pyridine rings is 1. The van der Waals surface area contributed by atoms with Crippen LogP contribution in [0.3, 0.4) is 0 Å². The molecule has 32 heavy (non-hydrogen) atoms. The fourth-order valence-corrected chi connectivity index (χ4v) is 4.79. The summed E-state index contributed by atoms with van der Waals surface area (Å²) >= 11 is 3.48. The van der Waals surface area contributed by atoms with Crippen molar-refractivity contribution in [3.05, 3.63) is 90.5 Å². The summed E-state index contributed by atoms with van der Waals surface area (Å²) < 4.78 is 2.83. The summed E-state index contributed by atoms with van der Waals surface area (Å²) in [6, 6.07) is 12.3. The predicted octanol–water partition coefficient (Wildman–Crippen LogP) is 4.19. The maximum atomic E-state index is 13.2. The van der Waals surface area contributed by atoms with E-state index < -0.39 is 5.91 Å². The second kappa shape index (κ2) is 7.56. The van der Waals surface area contributed by atoms with Gasteiger partial charge in [-0.3, -0.25) is 14.4 Å². The molecule has 0 unspecified atom stereocenters. The van der Waals surface area contributed by atoms with Gasteiger partial charge in [0, 0.05) is 45.1 Å². The lowest BCUT2D eigenvalue weighted by Crippen LogP contribution is -2.23. The van der Waals surface area contributed by atoms with Crippen LogP contribution in [0.15, 0.2) is 62.7 Å². The van der Waals surface area contributed by atoms with Crippen molar-refractivity contribution in [1.82, 2.24) is 14.5 Å². The van der Waals surface area contributed by atoms with Gasteiger partial charge < -0.3 is 14.9 Å². The standard InChI is InChI=1S/C24H19BrN4O3/c1-12-6-20(30)28-23(26-12)14-4-3-5-17(9-14)27-24(32)19-11-29-13(2)7-15-8-16(25)10-18(21(15)29)22(19)31/h3-6,8-11,13H,7H2,1-2H3,(H,27,32)(H,26,28,30)/t13-/m1/s1. The lowest BCUT2D eigenvalue weighted by Gasteiger charge is -2.13. The summed E-state index contributed by atoms with van der Waals surface area (Å²) in [6.45, 7) is 3.81. The topological polar surface area (TPSA) is 96.9 Å². The Balaban J connectivity index is 1.54. The van der Waals surface area contributed by atoms with E-state index in [4.69, 9.17) is 0 Å². The minimum absolute atomic E-state index is 0.0859. The van der Waals surface area contributed by atoms with Crippen molar-refractivity contribution in [2.24, 2.45) is 0 Å². The Morgan fingerprint density at radius 3 is 2.81 bits per heavy atom. The van der Waals surface area contributed by atoms with E-state index in [0.717, 1.165) is 22.0 Å². The van der Waals surface area contributed by atoms with E-state index in [1.807, 2.05) is 10.6 Å². The predicted molar refractivity (Wildman–Crippen MR) is 127 cm³/mol. The minimum atomic E-state index is -0.482. The Labute approximate surface area is 191 Å². The molecule has 1 aliphatic rings. The van der Waals surface area contributed by atoms with Crippen molar-refractivity contribution in [2.75, 3.05) is 5.32 Å². The molecular weight excluding hydrogens is 472 g/mol. The lowest BCUT2D eigenvalue weighted by atomic mass is 10.1. The van der Waals surface area contributed by atoms with Crippen LogP contribution in [0.5, 0.6) is 0 Å². The number of hydrogen-bond acceptors (Lipinski definition) is 4. The van der Waals surface area contributed by atoms with Crippen LogP contribution in [0.4, 0.5) is 5.69 Å². The molecule has 4 aromatic rings. The molecule has 3 heterocycles. The van der Waals surface area contributed by atoms with Crippen LogP contribution < -0.4 is 16.3 Å². The number of hydrogen-bond donors (Lipinski definition) is 2. The van der Waals surface area contributed by atoms with Gasteiger partial charge in [0.1, 0.15) is 11.4 Å². The first kappa shape index (κ1) is 20.4. The van der Waals surface area contributed by atoms with Crippen LogP contribution in [-0.2, 0) is 6.42 Å². The Bertz CT molecular complexity index is 1540. The van der Waals surface area contributed by atoms with Gasteiger partial charge in [-0.1, -0.05) is 28.1 Å². The minimum Gasteiger partial charge on any atom is -0.343 e. The fourth-order valence-electron chi connectivity index (χ4n) is 4.28. The molecule has 7 nitrogen and oxygen atoms in total.